The van der Waals surface area contributed by atoms with Crippen LogP contribution < -0.4 is 4.74 Å². The van der Waals surface area contributed by atoms with Crippen molar-refractivity contribution < 1.29 is 27.8 Å². The van der Waals surface area contributed by atoms with E-state index < -0.39 is 24.2 Å². The summed E-state index contributed by atoms with van der Waals surface area (Å²) in [5, 5.41) is 14.1. The van der Waals surface area contributed by atoms with Gasteiger partial charge in [-0.3, -0.25) is 9.78 Å². The van der Waals surface area contributed by atoms with E-state index in [2.05, 4.69) is 10.1 Å². The zero-order chi connectivity index (χ0) is 18.9. The van der Waals surface area contributed by atoms with Crippen LogP contribution in [-0.4, -0.2) is 45.7 Å². The summed E-state index contributed by atoms with van der Waals surface area (Å²) in [6.45, 7) is 0. The van der Waals surface area contributed by atoms with Crippen LogP contribution >= 0.6 is 0 Å². The molecule has 136 valence electrons. The summed E-state index contributed by atoms with van der Waals surface area (Å²) in [5.74, 6) is -0.633. The molecule has 0 bridgehead atoms. The fourth-order valence-electron chi connectivity index (χ4n) is 2.54. The Morgan fingerprint density at radius 1 is 1.19 bits per heavy atom. The predicted octanol–water partition coefficient (Wildman–Crippen LogP) is 2.59. The molecular formula is C17H14F3N3O3. The normalized spacial score (nSPS) is 20.0. The third kappa shape index (κ3) is 3.01. The number of hydrogen-bond donors (Lipinski definition) is 1. The van der Waals surface area contributed by atoms with Crippen LogP contribution in [0.3, 0.4) is 0 Å². The zero-order valence-electron chi connectivity index (χ0n) is 13.6. The fourth-order valence-corrected chi connectivity index (χ4v) is 2.54. The number of aromatic nitrogens is 1. The third-order valence-corrected chi connectivity index (χ3v) is 3.98. The lowest BCUT2D eigenvalue weighted by Crippen LogP contribution is -2.56. The summed E-state index contributed by atoms with van der Waals surface area (Å²) in [5.41, 5.74) is -3.21. The zero-order valence-corrected chi connectivity index (χ0v) is 13.6. The van der Waals surface area contributed by atoms with Crippen LogP contribution in [-0.2, 0) is 0 Å². The van der Waals surface area contributed by atoms with Gasteiger partial charge in [-0.15, -0.1) is 0 Å². The number of rotatable bonds is 3. The first kappa shape index (κ1) is 17.9. The number of aliphatic hydroxyl groups is 1. The molecule has 1 atom stereocenters. The number of halogens is 3. The third-order valence-electron chi connectivity index (χ3n) is 3.98. The van der Waals surface area contributed by atoms with E-state index in [1.807, 2.05) is 0 Å². The average Bonchev–Trinajstić information content (AvgIpc) is 3.01. The van der Waals surface area contributed by atoms with Gasteiger partial charge in [-0.1, -0.05) is 0 Å². The number of ether oxygens (including phenoxy) is 1. The standard InChI is InChI=1S/C17H14F3N3O3/c1-26-13-4-2-12(3-5-13)15(24)23-16(25,17(18,19)20)10-14(22-23)11-6-8-21-9-7-11/h2-9,25H,10H2,1H3/t16-/m0/s1. The topological polar surface area (TPSA) is 75.0 Å². The molecular weight excluding hydrogens is 351 g/mol. The summed E-state index contributed by atoms with van der Waals surface area (Å²) >= 11 is 0. The highest BCUT2D eigenvalue weighted by atomic mass is 19.4. The van der Waals surface area contributed by atoms with Gasteiger partial charge >= 0.3 is 6.18 Å². The first-order valence-corrected chi connectivity index (χ1v) is 7.52. The van der Waals surface area contributed by atoms with Gasteiger partial charge < -0.3 is 9.84 Å². The van der Waals surface area contributed by atoms with Crippen molar-refractivity contribution in [2.24, 2.45) is 5.10 Å². The SMILES string of the molecule is COc1ccc(C(=O)N2N=C(c3ccncc3)C[C@]2(O)C(F)(F)F)cc1. The number of pyridine rings is 1. The van der Waals surface area contributed by atoms with Crippen molar-refractivity contribution in [3.8, 4) is 5.75 Å². The number of hydrazone groups is 1. The number of amides is 1. The van der Waals surface area contributed by atoms with Gasteiger partial charge in [0.05, 0.1) is 19.2 Å². The van der Waals surface area contributed by atoms with Gasteiger partial charge in [0, 0.05) is 23.5 Å². The largest absolute Gasteiger partial charge is 0.497 e. The Balaban J connectivity index is 2.01. The van der Waals surface area contributed by atoms with E-state index in [0.29, 0.717) is 11.3 Å². The first-order chi connectivity index (χ1) is 12.3. The Kier molecular flexibility index (Phi) is 4.41. The Morgan fingerprint density at radius 2 is 1.81 bits per heavy atom. The molecule has 0 saturated carbocycles. The maximum absolute atomic E-state index is 13.5. The minimum atomic E-state index is -5.09. The molecule has 0 aliphatic carbocycles. The predicted molar refractivity (Wildman–Crippen MR) is 85.6 cm³/mol. The van der Waals surface area contributed by atoms with Gasteiger partial charge in [-0.05, 0) is 36.4 Å². The number of methoxy groups -OCH3 is 1. The molecule has 1 aromatic heterocycles. The van der Waals surface area contributed by atoms with E-state index in [9.17, 15) is 23.1 Å². The quantitative estimate of drug-likeness (QED) is 0.907. The highest BCUT2D eigenvalue weighted by Crippen LogP contribution is 2.42. The molecule has 0 spiro atoms. The molecule has 1 aromatic carbocycles. The van der Waals surface area contributed by atoms with Gasteiger partial charge in [0.25, 0.3) is 11.6 Å². The van der Waals surface area contributed by atoms with Crippen molar-refractivity contribution in [2.75, 3.05) is 7.11 Å². The second-order valence-electron chi connectivity index (χ2n) is 5.62. The van der Waals surface area contributed by atoms with Crippen LogP contribution in [0.4, 0.5) is 13.2 Å². The smallest absolute Gasteiger partial charge is 0.438 e. The molecule has 0 saturated heterocycles. The number of nitrogens with zero attached hydrogens (tertiary/aromatic N) is 3. The van der Waals surface area contributed by atoms with E-state index in [-0.39, 0.29) is 16.3 Å². The van der Waals surface area contributed by atoms with Crippen LogP contribution in [0.15, 0.2) is 53.9 Å². The Hall–Kier alpha value is -2.94. The van der Waals surface area contributed by atoms with Crippen LogP contribution in [0.5, 0.6) is 5.75 Å². The van der Waals surface area contributed by atoms with Crippen molar-refractivity contribution in [1.29, 1.82) is 0 Å². The van der Waals surface area contributed by atoms with E-state index in [1.54, 1.807) is 0 Å². The summed E-state index contributed by atoms with van der Waals surface area (Å²) in [4.78, 5) is 16.4. The lowest BCUT2D eigenvalue weighted by Gasteiger charge is -2.32. The molecule has 3 rings (SSSR count). The Labute approximate surface area is 146 Å². The lowest BCUT2D eigenvalue weighted by atomic mass is 10.0. The van der Waals surface area contributed by atoms with E-state index in [1.165, 1.54) is 55.9 Å². The van der Waals surface area contributed by atoms with Crippen LogP contribution in [0.2, 0.25) is 0 Å². The monoisotopic (exact) mass is 365 g/mol. The van der Waals surface area contributed by atoms with Crippen LogP contribution in [0, 0.1) is 0 Å². The second kappa shape index (κ2) is 6.41. The van der Waals surface area contributed by atoms with Gasteiger partial charge in [0.15, 0.2) is 0 Å². The molecule has 9 heteroatoms. The minimum Gasteiger partial charge on any atom is -0.497 e. The number of benzene rings is 1. The van der Waals surface area contributed by atoms with Gasteiger partial charge in [0.2, 0.25) is 0 Å². The molecule has 1 aliphatic rings. The molecule has 0 radical (unpaired) electrons. The minimum absolute atomic E-state index is 0.0610. The second-order valence-corrected chi connectivity index (χ2v) is 5.62. The molecule has 6 nitrogen and oxygen atoms in total. The lowest BCUT2D eigenvalue weighted by molar-refractivity contribution is -0.297. The van der Waals surface area contributed by atoms with Crippen molar-refractivity contribution in [1.82, 2.24) is 9.99 Å². The molecule has 26 heavy (non-hydrogen) atoms. The van der Waals surface area contributed by atoms with Crippen LogP contribution in [0.25, 0.3) is 0 Å². The molecule has 0 unspecified atom stereocenters. The summed E-state index contributed by atoms with van der Waals surface area (Å²) in [7, 11) is 1.42. The summed E-state index contributed by atoms with van der Waals surface area (Å²) in [6, 6.07) is 8.39. The number of alkyl halides is 3. The average molecular weight is 365 g/mol. The number of carbonyl (C=O) groups excluding carboxylic acids is 1. The first-order valence-electron chi connectivity index (χ1n) is 7.52. The molecule has 2 aromatic rings. The summed E-state index contributed by atoms with van der Waals surface area (Å²) < 4.78 is 45.5. The molecule has 2 heterocycles. The number of hydrogen-bond acceptors (Lipinski definition) is 5. The van der Waals surface area contributed by atoms with Crippen molar-refractivity contribution in [3.63, 3.8) is 0 Å². The highest BCUT2D eigenvalue weighted by Gasteiger charge is 2.63. The van der Waals surface area contributed by atoms with E-state index >= 15 is 0 Å². The molecule has 1 N–H and O–H groups in total. The van der Waals surface area contributed by atoms with Crippen molar-refractivity contribution in [3.05, 3.63) is 59.9 Å². The maximum atomic E-state index is 13.5. The fraction of sp³-hybridized carbons (Fsp3) is 0.235. The number of carbonyl (C=O) groups is 1. The van der Waals surface area contributed by atoms with Gasteiger partial charge in [-0.2, -0.15) is 23.3 Å². The molecule has 0 fully saturated rings. The Bertz CT molecular complexity index is 838. The van der Waals surface area contributed by atoms with E-state index in [0.717, 1.165) is 0 Å². The van der Waals surface area contributed by atoms with Crippen molar-refractivity contribution in [2.45, 2.75) is 18.3 Å². The molecule has 1 aliphatic heterocycles. The maximum Gasteiger partial charge on any atom is 0.438 e. The van der Waals surface area contributed by atoms with Crippen molar-refractivity contribution >= 4 is 11.6 Å². The molecule has 1 amide bonds. The van der Waals surface area contributed by atoms with E-state index in [4.69, 9.17) is 4.74 Å². The Morgan fingerprint density at radius 3 is 2.35 bits per heavy atom. The van der Waals surface area contributed by atoms with Gasteiger partial charge in [0.1, 0.15) is 5.75 Å². The van der Waals surface area contributed by atoms with Crippen LogP contribution in [0.1, 0.15) is 22.3 Å². The van der Waals surface area contributed by atoms with Gasteiger partial charge in [-0.25, -0.2) is 0 Å². The highest BCUT2D eigenvalue weighted by molar-refractivity contribution is 6.05. The summed E-state index contributed by atoms with van der Waals surface area (Å²) in [6.07, 6.45) is -3.19.